The molecule has 1 saturated heterocycles. The van der Waals surface area contributed by atoms with Crippen LogP contribution in [0.2, 0.25) is 5.02 Å². The standard InChI is InChI=1S/C14H13ClN2O2/c15-11-6-7-12(10(9-11)3-2-8-16)17-13(18)4-1-5-14(17)19/h6-7,9H,1,4-5,8,16H2. The fourth-order valence-electron chi connectivity index (χ4n) is 1.97. The van der Waals surface area contributed by atoms with Crippen LogP contribution in [0.5, 0.6) is 0 Å². The molecule has 0 radical (unpaired) electrons. The number of imide groups is 1. The highest BCUT2D eigenvalue weighted by Crippen LogP contribution is 2.27. The summed E-state index contributed by atoms with van der Waals surface area (Å²) in [5.41, 5.74) is 6.37. The normalized spacial score (nSPS) is 15.2. The Kier molecular flexibility index (Phi) is 4.20. The zero-order valence-corrected chi connectivity index (χ0v) is 11.0. The third-order valence-corrected chi connectivity index (χ3v) is 3.04. The smallest absolute Gasteiger partial charge is 0.233 e. The van der Waals surface area contributed by atoms with E-state index in [1.807, 2.05) is 0 Å². The molecule has 4 nitrogen and oxygen atoms in total. The fourth-order valence-corrected chi connectivity index (χ4v) is 2.14. The Balaban J connectivity index is 2.48. The topological polar surface area (TPSA) is 63.4 Å². The largest absolute Gasteiger partial charge is 0.320 e. The van der Waals surface area contributed by atoms with Gasteiger partial charge in [-0.2, -0.15) is 0 Å². The number of rotatable bonds is 1. The summed E-state index contributed by atoms with van der Waals surface area (Å²) in [6, 6.07) is 4.92. The van der Waals surface area contributed by atoms with Crippen LogP contribution in [0.25, 0.3) is 0 Å². The maximum absolute atomic E-state index is 11.9. The number of piperidine rings is 1. The van der Waals surface area contributed by atoms with E-state index in [0.717, 1.165) is 0 Å². The van der Waals surface area contributed by atoms with Gasteiger partial charge in [-0.15, -0.1) is 0 Å². The maximum Gasteiger partial charge on any atom is 0.233 e. The Hall–Kier alpha value is -1.83. The molecule has 0 bridgehead atoms. The summed E-state index contributed by atoms with van der Waals surface area (Å²) in [4.78, 5) is 25.0. The van der Waals surface area contributed by atoms with Crippen LogP contribution >= 0.6 is 11.6 Å². The first-order valence-electron chi connectivity index (χ1n) is 5.97. The monoisotopic (exact) mass is 276 g/mol. The molecule has 19 heavy (non-hydrogen) atoms. The molecule has 0 spiro atoms. The summed E-state index contributed by atoms with van der Waals surface area (Å²) < 4.78 is 0. The van der Waals surface area contributed by atoms with Crippen LogP contribution < -0.4 is 10.6 Å². The van der Waals surface area contributed by atoms with Gasteiger partial charge in [-0.05, 0) is 24.6 Å². The molecule has 2 N–H and O–H groups in total. The van der Waals surface area contributed by atoms with E-state index >= 15 is 0 Å². The molecule has 1 heterocycles. The zero-order chi connectivity index (χ0) is 13.8. The molecule has 2 amide bonds. The molecule has 0 aliphatic carbocycles. The fraction of sp³-hybridized carbons (Fsp3) is 0.286. The summed E-state index contributed by atoms with van der Waals surface area (Å²) in [5, 5.41) is 0.502. The third-order valence-electron chi connectivity index (χ3n) is 2.80. The SMILES string of the molecule is NCC#Cc1cc(Cl)ccc1N1C(=O)CCCC1=O. The van der Waals surface area contributed by atoms with Crippen LogP contribution in [0.4, 0.5) is 5.69 Å². The van der Waals surface area contributed by atoms with Gasteiger partial charge in [-0.1, -0.05) is 23.4 Å². The summed E-state index contributed by atoms with van der Waals surface area (Å²) in [6.45, 7) is 0.202. The number of carbonyl (C=O) groups is 2. The van der Waals surface area contributed by atoms with Gasteiger partial charge >= 0.3 is 0 Å². The number of hydrogen-bond donors (Lipinski definition) is 1. The highest BCUT2D eigenvalue weighted by molar-refractivity contribution is 6.31. The molecule has 2 rings (SSSR count). The maximum atomic E-state index is 11.9. The van der Waals surface area contributed by atoms with Gasteiger partial charge in [0.2, 0.25) is 11.8 Å². The van der Waals surface area contributed by atoms with E-state index in [0.29, 0.717) is 35.5 Å². The lowest BCUT2D eigenvalue weighted by molar-refractivity contribution is -0.129. The quantitative estimate of drug-likeness (QED) is 0.627. The van der Waals surface area contributed by atoms with Crippen molar-refractivity contribution in [3.05, 3.63) is 28.8 Å². The van der Waals surface area contributed by atoms with E-state index in [1.54, 1.807) is 18.2 Å². The predicted octanol–water partition coefficient (Wildman–Crippen LogP) is 1.69. The Morgan fingerprint density at radius 3 is 2.58 bits per heavy atom. The van der Waals surface area contributed by atoms with Gasteiger partial charge in [0.25, 0.3) is 0 Å². The number of amides is 2. The van der Waals surface area contributed by atoms with Crippen molar-refractivity contribution in [2.45, 2.75) is 19.3 Å². The number of benzene rings is 1. The lowest BCUT2D eigenvalue weighted by Crippen LogP contribution is -2.40. The van der Waals surface area contributed by atoms with Crippen molar-refractivity contribution in [3.8, 4) is 11.8 Å². The average molecular weight is 277 g/mol. The van der Waals surface area contributed by atoms with Crippen LogP contribution in [0, 0.1) is 11.8 Å². The second-order valence-electron chi connectivity index (χ2n) is 4.14. The van der Waals surface area contributed by atoms with Crippen molar-refractivity contribution in [3.63, 3.8) is 0 Å². The van der Waals surface area contributed by atoms with Crippen molar-refractivity contribution >= 4 is 29.1 Å². The molecule has 0 saturated carbocycles. The number of nitrogens with zero attached hydrogens (tertiary/aromatic N) is 1. The molecule has 98 valence electrons. The molecule has 1 aliphatic heterocycles. The molecule has 1 aliphatic rings. The van der Waals surface area contributed by atoms with Crippen molar-refractivity contribution in [1.29, 1.82) is 0 Å². The number of hydrogen-bond acceptors (Lipinski definition) is 3. The minimum Gasteiger partial charge on any atom is -0.320 e. The highest BCUT2D eigenvalue weighted by Gasteiger charge is 2.28. The van der Waals surface area contributed by atoms with Crippen molar-refractivity contribution in [2.24, 2.45) is 5.73 Å². The molecular formula is C14H13ClN2O2. The highest BCUT2D eigenvalue weighted by atomic mass is 35.5. The molecule has 0 aromatic heterocycles. The minimum absolute atomic E-state index is 0.200. The van der Waals surface area contributed by atoms with E-state index in [9.17, 15) is 9.59 Å². The van der Waals surface area contributed by atoms with E-state index in [4.69, 9.17) is 17.3 Å². The van der Waals surface area contributed by atoms with Crippen molar-refractivity contribution in [2.75, 3.05) is 11.4 Å². The summed E-state index contributed by atoms with van der Waals surface area (Å²) in [7, 11) is 0. The zero-order valence-electron chi connectivity index (χ0n) is 10.3. The van der Waals surface area contributed by atoms with Gasteiger partial charge < -0.3 is 5.73 Å². The second-order valence-corrected chi connectivity index (χ2v) is 4.58. The van der Waals surface area contributed by atoms with Crippen LogP contribution in [0.1, 0.15) is 24.8 Å². The van der Waals surface area contributed by atoms with E-state index in [-0.39, 0.29) is 18.4 Å². The summed E-state index contributed by atoms with van der Waals surface area (Å²) in [6.07, 6.45) is 1.35. The molecular weight excluding hydrogens is 264 g/mol. The summed E-state index contributed by atoms with van der Waals surface area (Å²) >= 11 is 5.92. The Morgan fingerprint density at radius 1 is 1.26 bits per heavy atom. The van der Waals surface area contributed by atoms with E-state index in [1.165, 1.54) is 4.90 Å². The first-order valence-corrected chi connectivity index (χ1v) is 6.35. The molecule has 1 fully saturated rings. The molecule has 1 aromatic rings. The van der Waals surface area contributed by atoms with Gasteiger partial charge in [-0.25, -0.2) is 4.90 Å². The molecule has 0 atom stereocenters. The number of anilines is 1. The van der Waals surface area contributed by atoms with E-state index < -0.39 is 0 Å². The van der Waals surface area contributed by atoms with Crippen LogP contribution in [0.3, 0.4) is 0 Å². The van der Waals surface area contributed by atoms with Gasteiger partial charge in [0.15, 0.2) is 0 Å². The van der Waals surface area contributed by atoms with Crippen LogP contribution in [-0.2, 0) is 9.59 Å². The average Bonchev–Trinajstić information content (AvgIpc) is 2.38. The number of carbonyl (C=O) groups excluding carboxylic acids is 2. The first kappa shape index (κ1) is 13.6. The second kappa shape index (κ2) is 5.87. The molecule has 5 heteroatoms. The lowest BCUT2D eigenvalue weighted by Gasteiger charge is -2.25. The third kappa shape index (κ3) is 2.95. The van der Waals surface area contributed by atoms with Crippen LogP contribution in [-0.4, -0.2) is 18.4 Å². The molecule has 1 aromatic carbocycles. The lowest BCUT2D eigenvalue weighted by atomic mass is 10.1. The van der Waals surface area contributed by atoms with Gasteiger partial charge in [-0.3, -0.25) is 9.59 Å². The van der Waals surface area contributed by atoms with Crippen LogP contribution in [0.15, 0.2) is 18.2 Å². The van der Waals surface area contributed by atoms with Gasteiger partial charge in [0.1, 0.15) is 0 Å². The minimum atomic E-state index is -0.200. The Morgan fingerprint density at radius 2 is 1.95 bits per heavy atom. The Labute approximate surface area is 116 Å². The number of halogens is 1. The number of nitrogens with two attached hydrogens (primary N) is 1. The van der Waals surface area contributed by atoms with Crippen molar-refractivity contribution < 1.29 is 9.59 Å². The predicted molar refractivity (Wildman–Crippen MR) is 73.7 cm³/mol. The van der Waals surface area contributed by atoms with E-state index in [2.05, 4.69) is 11.8 Å². The van der Waals surface area contributed by atoms with Crippen molar-refractivity contribution in [1.82, 2.24) is 0 Å². The Bertz CT molecular complexity index is 571. The van der Waals surface area contributed by atoms with Gasteiger partial charge in [0, 0.05) is 17.9 Å². The molecule has 0 unspecified atom stereocenters. The van der Waals surface area contributed by atoms with Gasteiger partial charge in [0.05, 0.1) is 17.8 Å². The first-order chi connectivity index (χ1) is 9.13. The summed E-state index contributed by atoms with van der Waals surface area (Å²) in [5.74, 6) is 5.16.